The molecule has 0 amide bonds. The van der Waals surface area contributed by atoms with Crippen LogP contribution in [0.3, 0.4) is 0 Å². The summed E-state index contributed by atoms with van der Waals surface area (Å²) in [6.45, 7) is 0. The van der Waals surface area contributed by atoms with Crippen LogP contribution < -0.4 is 10.6 Å². The number of nitrogens with zero attached hydrogens (tertiary/aromatic N) is 2. The van der Waals surface area contributed by atoms with Crippen molar-refractivity contribution < 1.29 is 26.3 Å². The van der Waals surface area contributed by atoms with Crippen molar-refractivity contribution in [3.63, 3.8) is 0 Å². The predicted molar refractivity (Wildman–Crippen MR) is 117 cm³/mol. The minimum atomic E-state index is -4.96. The summed E-state index contributed by atoms with van der Waals surface area (Å²) in [5.74, 6) is 0.619. The van der Waals surface area contributed by atoms with Crippen molar-refractivity contribution in [2.24, 2.45) is 0 Å². The third-order valence-electron chi connectivity index (χ3n) is 4.67. The van der Waals surface area contributed by atoms with E-state index in [1.807, 2.05) is 42.7 Å². The van der Waals surface area contributed by atoms with Crippen LogP contribution in [-0.4, -0.2) is 14.7 Å². The first-order valence-corrected chi connectivity index (χ1v) is 9.82. The van der Waals surface area contributed by atoms with Crippen molar-refractivity contribution in [2.45, 2.75) is 12.4 Å². The Hall–Kier alpha value is -3.60. The van der Waals surface area contributed by atoms with Gasteiger partial charge in [-0.1, -0.05) is 12.1 Å². The highest BCUT2D eigenvalue weighted by molar-refractivity contribution is 7.80. The van der Waals surface area contributed by atoms with Gasteiger partial charge in [0.15, 0.2) is 5.11 Å². The summed E-state index contributed by atoms with van der Waals surface area (Å²) < 4.78 is 80.4. The Morgan fingerprint density at radius 3 is 2.03 bits per heavy atom. The molecule has 0 unspecified atom stereocenters. The molecule has 0 saturated carbocycles. The highest BCUT2D eigenvalue weighted by atomic mass is 32.1. The van der Waals surface area contributed by atoms with E-state index in [1.165, 1.54) is 0 Å². The maximum Gasteiger partial charge on any atom is 0.416 e. The van der Waals surface area contributed by atoms with Crippen molar-refractivity contribution in [2.75, 3.05) is 10.6 Å². The van der Waals surface area contributed by atoms with Crippen LogP contribution in [0.2, 0.25) is 0 Å². The molecule has 2 heterocycles. The maximum atomic E-state index is 13.1. The number of fused-ring (bicyclic) bond motifs is 1. The van der Waals surface area contributed by atoms with Crippen LogP contribution in [0.4, 0.5) is 37.7 Å². The molecule has 33 heavy (non-hydrogen) atoms. The zero-order valence-electron chi connectivity index (χ0n) is 16.5. The van der Waals surface area contributed by atoms with Gasteiger partial charge in [-0.2, -0.15) is 26.3 Å². The third-order valence-corrected chi connectivity index (χ3v) is 4.87. The van der Waals surface area contributed by atoms with Gasteiger partial charge in [-0.3, -0.25) is 0 Å². The molecule has 170 valence electrons. The molecule has 11 heteroatoms. The number of hydrogen-bond donors (Lipinski definition) is 2. The number of rotatable bonds is 3. The summed E-state index contributed by atoms with van der Waals surface area (Å²) in [7, 11) is 0. The molecular weight excluding hydrogens is 466 g/mol. The van der Waals surface area contributed by atoms with E-state index >= 15 is 0 Å². The summed E-state index contributed by atoms with van der Waals surface area (Å²) in [6.07, 6.45) is -6.30. The molecule has 0 atom stereocenters. The second-order valence-electron chi connectivity index (χ2n) is 7.01. The van der Waals surface area contributed by atoms with Gasteiger partial charge < -0.3 is 15.2 Å². The lowest BCUT2D eigenvalue weighted by Crippen LogP contribution is -2.20. The lowest BCUT2D eigenvalue weighted by atomic mass is 10.1. The Morgan fingerprint density at radius 2 is 1.42 bits per heavy atom. The quantitative estimate of drug-likeness (QED) is 0.248. The number of halogens is 6. The van der Waals surface area contributed by atoms with E-state index in [4.69, 9.17) is 12.2 Å². The normalized spacial score (nSPS) is 12.1. The van der Waals surface area contributed by atoms with Crippen molar-refractivity contribution in [3.05, 3.63) is 84.2 Å². The zero-order chi connectivity index (χ0) is 23.8. The first-order valence-electron chi connectivity index (χ1n) is 9.41. The van der Waals surface area contributed by atoms with Gasteiger partial charge in [-0.15, -0.1) is 0 Å². The van der Waals surface area contributed by atoms with E-state index in [0.717, 1.165) is 5.39 Å². The average molecular weight is 480 g/mol. The number of thiocarbonyl (C=S) groups is 1. The van der Waals surface area contributed by atoms with E-state index in [9.17, 15) is 26.3 Å². The highest BCUT2D eigenvalue weighted by Gasteiger charge is 2.37. The average Bonchev–Trinajstić information content (AvgIpc) is 3.27. The van der Waals surface area contributed by atoms with Gasteiger partial charge in [-0.05, 0) is 60.7 Å². The number of aromatic nitrogens is 2. The molecule has 4 aromatic rings. The van der Waals surface area contributed by atoms with Crippen LogP contribution in [0.15, 0.2) is 73.1 Å². The molecule has 0 saturated heterocycles. The van der Waals surface area contributed by atoms with E-state index in [2.05, 4.69) is 15.6 Å². The van der Waals surface area contributed by atoms with Gasteiger partial charge in [-0.25, -0.2) is 4.98 Å². The van der Waals surface area contributed by atoms with Crippen LogP contribution >= 0.6 is 12.2 Å². The second-order valence-corrected chi connectivity index (χ2v) is 7.42. The Balaban J connectivity index is 1.64. The third kappa shape index (κ3) is 5.08. The van der Waals surface area contributed by atoms with Crippen LogP contribution in [0, 0.1) is 0 Å². The summed E-state index contributed by atoms with van der Waals surface area (Å²) in [5.41, 5.74) is -2.37. The molecule has 4 rings (SSSR count). The van der Waals surface area contributed by atoms with Crippen molar-refractivity contribution in [3.8, 4) is 5.82 Å². The lowest BCUT2D eigenvalue weighted by molar-refractivity contribution is -0.143. The first kappa shape index (κ1) is 22.6. The summed E-state index contributed by atoms with van der Waals surface area (Å²) in [6, 6.07) is 13.7. The molecular formula is C22H14F6N4S. The Kier molecular flexibility index (Phi) is 5.75. The van der Waals surface area contributed by atoms with Crippen LogP contribution in [0.1, 0.15) is 11.1 Å². The van der Waals surface area contributed by atoms with Gasteiger partial charge in [0, 0.05) is 23.5 Å². The Labute approximate surface area is 188 Å². The fraction of sp³-hybridized carbons (Fsp3) is 0.0909. The minimum Gasteiger partial charge on any atom is -0.332 e. The minimum absolute atomic E-state index is 0.0546. The number of nitrogens with one attached hydrogen (secondary N) is 2. The van der Waals surface area contributed by atoms with E-state index in [1.54, 1.807) is 16.7 Å². The molecule has 0 fully saturated rings. The van der Waals surface area contributed by atoms with Gasteiger partial charge >= 0.3 is 12.4 Å². The van der Waals surface area contributed by atoms with Gasteiger partial charge in [0.1, 0.15) is 5.82 Å². The number of anilines is 2. The van der Waals surface area contributed by atoms with Gasteiger partial charge in [0.2, 0.25) is 0 Å². The molecule has 2 aromatic carbocycles. The topological polar surface area (TPSA) is 41.9 Å². The molecule has 0 aliphatic rings. The fourth-order valence-corrected chi connectivity index (χ4v) is 3.41. The van der Waals surface area contributed by atoms with Crippen LogP contribution in [0.5, 0.6) is 0 Å². The van der Waals surface area contributed by atoms with Crippen molar-refractivity contribution in [1.29, 1.82) is 0 Å². The van der Waals surface area contributed by atoms with Crippen LogP contribution in [-0.2, 0) is 12.4 Å². The van der Waals surface area contributed by atoms with E-state index in [-0.39, 0.29) is 11.2 Å². The number of pyridine rings is 1. The molecule has 0 aliphatic heterocycles. The van der Waals surface area contributed by atoms with E-state index in [0.29, 0.717) is 29.2 Å². The highest BCUT2D eigenvalue weighted by Crippen LogP contribution is 2.37. The van der Waals surface area contributed by atoms with Gasteiger partial charge in [0.25, 0.3) is 0 Å². The molecule has 0 spiro atoms. The largest absolute Gasteiger partial charge is 0.416 e. The molecule has 4 nitrogen and oxygen atoms in total. The Bertz CT molecular complexity index is 1280. The van der Waals surface area contributed by atoms with Gasteiger partial charge in [0.05, 0.1) is 22.3 Å². The zero-order valence-corrected chi connectivity index (χ0v) is 17.3. The first-order chi connectivity index (χ1) is 15.5. The number of hydrogen-bond acceptors (Lipinski definition) is 2. The fourth-order valence-electron chi connectivity index (χ4n) is 3.18. The number of alkyl halides is 6. The summed E-state index contributed by atoms with van der Waals surface area (Å²) >= 11 is 5.15. The summed E-state index contributed by atoms with van der Waals surface area (Å²) in [5, 5.41) is 5.79. The van der Waals surface area contributed by atoms with Crippen molar-refractivity contribution in [1.82, 2.24) is 9.55 Å². The lowest BCUT2D eigenvalue weighted by Gasteiger charge is -2.17. The molecule has 2 aromatic heterocycles. The molecule has 0 bridgehead atoms. The smallest absolute Gasteiger partial charge is 0.332 e. The van der Waals surface area contributed by atoms with E-state index < -0.39 is 29.2 Å². The standard InChI is InChI=1S/C22H14F6N4S/c23-21(24,25)14-10-15(22(26,27)28)12-16(11-14)29-20(33)30-17-5-3-4-13-6-7-18(31-19(13)17)32-8-1-2-9-32/h1-12H,(H2,29,30,33). The molecule has 0 radical (unpaired) electrons. The predicted octanol–water partition coefficient (Wildman–Crippen LogP) is 6.87. The number of benzene rings is 2. The SMILES string of the molecule is FC(F)(F)c1cc(NC(=S)Nc2cccc3ccc(-n4cccc4)nc23)cc(C(F)(F)F)c1. The number of para-hydroxylation sites is 1. The molecule has 2 N–H and O–H groups in total. The monoisotopic (exact) mass is 480 g/mol. The summed E-state index contributed by atoms with van der Waals surface area (Å²) in [4.78, 5) is 4.59. The van der Waals surface area contributed by atoms with Crippen LogP contribution in [0.25, 0.3) is 16.7 Å². The van der Waals surface area contributed by atoms with Crippen molar-refractivity contribution >= 4 is 39.6 Å². The second kappa shape index (κ2) is 8.39. The Morgan fingerprint density at radius 1 is 0.788 bits per heavy atom. The molecule has 0 aliphatic carbocycles. The maximum absolute atomic E-state index is 13.1.